The van der Waals surface area contributed by atoms with Gasteiger partial charge in [0.2, 0.25) is 11.8 Å². The van der Waals surface area contributed by atoms with Crippen molar-refractivity contribution in [2.24, 2.45) is 5.92 Å². The van der Waals surface area contributed by atoms with Gasteiger partial charge >= 0.3 is 0 Å². The predicted octanol–water partition coefficient (Wildman–Crippen LogP) is 2.65. The van der Waals surface area contributed by atoms with Gasteiger partial charge in [0.25, 0.3) is 0 Å². The number of hydrogen-bond donors (Lipinski definition) is 1. The average molecular weight is 401 g/mol. The van der Waals surface area contributed by atoms with Crippen LogP contribution < -0.4 is 10.1 Å². The van der Waals surface area contributed by atoms with Gasteiger partial charge in [0, 0.05) is 33.2 Å². The smallest absolute Gasteiger partial charge is 0.233 e. The average Bonchev–Trinajstić information content (AvgIpc) is 3.56. The number of methoxy groups -OCH3 is 1. The SMILES string of the molecule is CNC(=O)CC1CCOC2(CCN(C(=O)C3(c4ccc(OC)cc4)CC3)CC2)C1. The number of benzene rings is 1. The molecule has 0 aromatic heterocycles. The summed E-state index contributed by atoms with van der Waals surface area (Å²) < 4.78 is 11.5. The number of nitrogens with zero attached hydrogens (tertiary/aromatic N) is 1. The normalized spacial score (nSPS) is 24.8. The Hall–Kier alpha value is -2.08. The minimum absolute atomic E-state index is 0.106. The lowest BCUT2D eigenvalue weighted by Gasteiger charge is -2.46. The van der Waals surface area contributed by atoms with E-state index in [1.807, 2.05) is 29.2 Å². The highest BCUT2D eigenvalue weighted by molar-refractivity contribution is 5.91. The zero-order chi connectivity index (χ0) is 20.5. The molecule has 1 N–H and O–H groups in total. The summed E-state index contributed by atoms with van der Waals surface area (Å²) in [4.78, 5) is 27.2. The second-order valence-electron chi connectivity index (χ2n) is 8.87. The molecule has 2 aliphatic heterocycles. The van der Waals surface area contributed by atoms with Gasteiger partial charge in [-0.25, -0.2) is 0 Å². The highest BCUT2D eigenvalue weighted by Gasteiger charge is 2.54. The first-order valence-corrected chi connectivity index (χ1v) is 10.8. The number of likely N-dealkylation sites (tertiary alicyclic amines) is 1. The van der Waals surface area contributed by atoms with E-state index in [4.69, 9.17) is 9.47 Å². The lowest BCUT2D eigenvalue weighted by atomic mass is 9.78. The van der Waals surface area contributed by atoms with E-state index in [0.29, 0.717) is 18.9 Å². The Labute approximate surface area is 172 Å². The number of hydrogen-bond acceptors (Lipinski definition) is 4. The summed E-state index contributed by atoms with van der Waals surface area (Å²) in [5, 5.41) is 2.73. The van der Waals surface area contributed by atoms with Crippen LogP contribution in [0.15, 0.2) is 24.3 Å². The van der Waals surface area contributed by atoms with Gasteiger partial charge in [0.1, 0.15) is 5.75 Å². The summed E-state index contributed by atoms with van der Waals surface area (Å²) in [7, 11) is 3.35. The first kappa shape index (κ1) is 20.2. The molecule has 0 radical (unpaired) electrons. The highest BCUT2D eigenvalue weighted by Crippen LogP contribution is 2.50. The molecule has 6 nitrogen and oxygen atoms in total. The minimum atomic E-state index is -0.341. The number of rotatable bonds is 5. The van der Waals surface area contributed by atoms with Gasteiger partial charge in [0.15, 0.2) is 0 Å². The Bertz CT molecular complexity index is 749. The monoisotopic (exact) mass is 400 g/mol. The summed E-state index contributed by atoms with van der Waals surface area (Å²) >= 11 is 0. The van der Waals surface area contributed by atoms with Crippen molar-refractivity contribution >= 4 is 11.8 Å². The van der Waals surface area contributed by atoms with E-state index < -0.39 is 0 Å². The summed E-state index contributed by atoms with van der Waals surface area (Å²) in [6, 6.07) is 7.94. The van der Waals surface area contributed by atoms with E-state index in [0.717, 1.165) is 62.9 Å². The molecule has 0 bridgehead atoms. The Kier molecular flexibility index (Phi) is 5.56. The number of nitrogens with one attached hydrogen (secondary N) is 1. The molecule has 1 aromatic rings. The highest BCUT2D eigenvalue weighted by atomic mass is 16.5. The molecule has 29 heavy (non-hydrogen) atoms. The third kappa shape index (κ3) is 4.00. The summed E-state index contributed by atoms with van der Waals surface area (Å²) in [5.74, 6) is 1.56. The molecule has 1 atom stereocenters. The second-order valence-corrected chi connectivity index (χ2v) is 8.87. The molecule has 1 saturated carbocycles. The van der Waals surface area contributed by atoms with E-state index in [9.17, 15) is 9.59 Å². The zero-order valence-corrected chi connectivity index (χ0v) is 17.5. The van der Waals surface area contributed by atoms with Crippen LogP contribution >= 0.6 is 0 Å². The van der Waals surface area contributed by atoms with Gasteiger partial charge in [-0.3, -0.25) is 9.59 Å². The second kappa shape index (κ2) is 7.98. The maximum absolute atomic E-state index is 13.4. The number of carbonyl (C=O) groups excluding carboxylic acids is 2. The molecule has 1 aromatic carbocycles. The molecular formula is C23H32N2O4. The van der Waals surface area contributed by atoms with Crippen molar-refractivity contribution < 1.29 is 19.1 Å². The van der Waals surface area contributed by atoms with E-state index in [1.165, 1.54) is 0 Å². The van der Waals surface area contributed by atoms with Crippen LogP contribution in [-0.4, -0.2) is 56.2 Å². The van der Waals surface area contributed by atoms with Crippen molar-refractivity contribution in [3.63, 3.8) is 0 Å². The molecular weight excluding hydrogens is 368 g/mol. The Morgan fingerprint density at radius 2 is 1.86 bits per heavy atom. The lowest BCUT2D eigenvalue weighted by Crippen LogP contribution is -2.52. The zero-order valence-electron chi connectivity index (χ0n) is 17.5. The molecule has 2 saturated heterocycles. The van der Waals surface area contributed by atoms with Crippen LogP contribution in [0.2, 0.25) is 0 Å². The largest absolute Gasteiger partial charge is 0.497 e. The fourth-order valence-corrected chi connectivity index (χ4v) is 5.10. The lowest BCUT2D eigenvalue weighted by molar-refractivity contribution is -0.150. The maximum atomic E-state index is 13.4. The number of piperidine rings is 1. The number of amides is 2. The van der Waals surface area contributed by atoms with Crippen LogP contribution in [0.5, 0.6) is 5.75 Å². The van der Waals surface area contributed by atoms with Crippen LogP contribution in [0.1, 0.15) is 50.5 Å². The van der Waals surface area contributed by atoms with E-state index in [-0.39, 0.29) is 22.8 Å². The van der Waals surface area contributed by atoms with Crippen LogP contribution in [-0.2, 0) is 19.7 Å². The summed E-state index contributed by atoms with van der Waals surface area (Å²) in [6.07, 6.45) is 6.01. The molecule has 3 aliphatic rings. The number of carbonyl (C=O) groups is 2. The van der Waals surface area contributed by atoms with Crippen molar-refractivity contribution in [2.75, 3.05) is 33.9 Å². The van der Waals surface area contributed by atoms with E-state index in [2.05, 4.69) is 5.32 Å². The fraction of sp³-hybridized carbons (Fsp3) is 0.652. The van der Waals surface area contributed by atoms with Gasteiger partial charge in [-0.2, -0.15) is 0 Å². The van der Waals surface area contributed by atoms with Gasteiger partial charge < -0.3 is 19.7 Å². The predicted molar refractivity (Wildman–Crippen MR) is 110 cm³/mol. The van der Waals surface area contributed by atoms with Crippen molar-refractivity contribution in [3.8, 4) is 5.75 Å². The third-order valence-corrected chi connectivity index (χ3v) is 7.11. The molecule has 2 amide bonds. The molecule has 1 spiro atoms. The first-order chi connectivity index (χ1) is 14.0. The molecule has 1 aliphatic carbocycles. The van der Waals surface area contributed by atoms with Crippen LogP contribution in [0, 0.1) is 5.92 Å². The standard InChI is InChI=1S/C23H32N2O4/c1-24-20(26)15-17-7-14-29-22(16-17)10-12-25(13-11-22)21(27)23(8-9-23)18-3-5-19(28-2)6-4-18/h3-6,17H,7-16H2,1-2H3,(H,24,26). The van der Waals surface area contributed by atoms with Gasteiger partial charge in [0.05, 0.1) is 18.1 Å². The van der Waals surface area contributed by atoms with Crippen LogP contribution in [0.25, 0.3) is 0 Å². The molecule has 1 unspecified atom stereocenters. The molecule has 6 heteroatoms. The van der Waals surface area contributed by atoms with Crippen molar-refractivity contribution in [2.45, 2.75) is 56.0 Å². The number of ether oxygens (including phenoxy) is 2. The Morgan fingerprint density at radius 3 is 2.45 bits per heavy atom. The van der Waals surface area contributed by atoms with Crippen LogP contribution in [0.3, 0.4) is 0 Å². The van der Waals surface area contributed by atoms with Crippen molar-refractivity contribution in [1.82, 2.24) is 10.2 Å². The van der Waals surface area contributed by atoms with E-state index in [1.54, 1.807) is 14.2 Å². The molecule has 4 rings (SSSR count). The van der Waals surface area contributed by atoms with Gasteiger partial charge in [-0.1, -0.05) is 12.1 Å². The minimum Gasteiger partial charge on any atom is -0.497 e. The quantitative estimate of drug-likeness (QED) is 0.825. The topological polar surface area (TPSA) is 67.9 Å². The van der Waals surface area contributed by atoms with Crippen LogP contribution in [0.4, 0.5) is 0 Å². The Morgan fingerprint density at radius 1 is 1.17 bits per heavy atom. The summed E-state index contributed by atoms with van der Waals surface area (Å²) in [6.45, 7) is 2.19. The van der Waals surface area contributed by atoms with Gasteiger partial charge in [-0.15, -0.1) is 0 Å². The molecule has 2 heterocycles. The molecule has 158 valence electrons. The van der Waals surface area contributed by atoms with Crippen molar-refractivity contribution in [1.29, 1.82) is 0 Å². The third-order valence-electron chi connectivity index (χ3n) is 7.11. The summed E-state index contributed by atoms with van der Waals surface area (Å²) in [5.41, 5.74) is 0.597. The van der Waals surface area contributed by atoms with Gasteiger partial charge in [-0.05, 0) is 62.1 Å². The fourth-order valence-electron chi connectivity index (χ4n) is 5.10. The molecule has 3 fully saturated rings. The Balaban J connectivity index is 1.37. The van der Waals surface area contributed by atoms with Crippen molar-refractivity contribution in [3.05, 3.63) is 29.8 Å². The van der Waals surface area contributed by atoms with E-state index >= 15 is 0 Å². The first-order valence-electron chi connectivity index (χ1n) is 10.8. The maximum Gasteiger partial charge on any atom is 0.233 e.